The van der Waals surface area contributed by atoms with Gasteiger partial charge in [-0.05, 0) is 14.1 Å². The summed E-state index contributed by atoms with van der Waals surface area (Å²) in [6.45, 7) is 4.63. The summed E-state index contributed by atoms with van der Waals surface area (Å²) in [5.74, 6) is -0.179. The number of nitrogen functional groups attached to an aromatic ring is 1. The Morgan fingerprint density at radius 1 is 1.33 bits per heavy atom. The number of hydrogen-bond donors (Lipinski definition) is 2. The van der Waals surface area contributed by atoms with Crippen LogP contribution in [0.2, 0.25) is 0 Å². The molecule has 0 radical (unpaired) electrons. The van der Waals surface area contributed by atoms with Crippen molar-refractivity contribution in [1.29, 1.82) is 0 Å². The van der Waals surface area contributed by atoms with E-state index in [1.165, 1.54) is 0 Å². The fourth-order valence-corrected chi connectivity index (χ4v) is 4.46. The number of nitrogens with zero attached hydrogens (tertiary/aromatic N) is 1. The van der Waals surface area contributed by atoms with E-state index in [-0.39, 0.29) is 22.1 Å². The van der Waals surface area contributed by atoms with Crippen molar-refractivity contribution in [3.63, 3.8) is 0 Å². The van der Waals surface area contributed by atoms with Crippen LogP contribution in [0.5, 0.6) is 0 Å². The van der Waals surface area contributed by atoms with Crippen LogP contribution in [0.1, 0.15) is 29.9 Å². The van der Waals surface area contributed by atoms with Gasteiger partial charge in [-0.3, -0.25) is 4.79 Å². The second kappa shape index (κ2) is 7.24. The molecule has 0 saturated carbocycles. The van der Waals surface area contributed by atoms with E-state index in [2.05, 4.69) is 5.32 Å². The molecule has 120 valence electrons. The summed E-state index contributed by atoms with van der Waals surface area (Å²) < 4.78 is 24.5. The van der Waals surface area contributed by atoms with Crippen LogP contribution in [0.4, 0.5) is 10.7 Å². The summed E-state index contributed by atoms with van der Waals surface area (Å²) in [6.07, 6.45) is 0.299. The van der Waals surface area contributed by atoms with Crippen LogP contribution in [0.25, 0.3) is 0 Å². The number of ketones is 1. The van der Waals surface area contributed by atoms with E-state index in [0.717, 1.165) is 17.9 Å². The van der Waals surface area contributed by atoms with Gasteiger partial charge in [-0.15, -0.1) is 11.3 Å². The second-order valence-corrected chi connectivity index (χ2v) is 8.15. The lowest BCUT2D eigenvalue weighted by Gasteiger charge is -2.11. The zero-order chi connectivity index (χ0) is 16.2. The molecule has 0 aliphatic heterocycles. The van der Waals surface area contributed by atoms with Crippen molar-refractivity contribution in [1.82, 2.24) is 4.90 Å². The van der Waals surface area contributed by atoms with E-state index >= 15 is 0 Å². The largest absolute Gasteiger partial charge is 0.396 e. The molecule has 1 aromatic rings. The lowest BCUT2D eigenvalue weighted by atomic mass is 10.2. The van der Waals surface area contributed by atoms with Crippen molar-refractivity contribution in [2.45, 2.75) is 25.2 Å². The zero-order valence-corrected chi connectivity index (χ0v) is 14.5. The molecule has 0 aliphatic carbocycles. The molecule has 0 fully saturated rings. The van der Waals surface area contributed by atoms with Crippen LogP contribution < -0.4 is 11.1 Å². The highest BCUT2D eigenvalue weighted by molar-refractivity contribution is 7.91. The van der Waals surface area contributed by atoms with Crippen LogP contribution in [-0.4, -0.2) is 52.0 Å². The number of rotatable bonds is 8. The maximum atomic E-state index is 12.2. The van der Waals surface area contributed by atoms with Gasteiger partial charge in [-0.2, -0.15) is 0 Å². The number of hydrogen-bond acceptors (Lipinski definition) is 7. The first-order valence-electron chi connectivity index (χ1n) is 6.81. The third kappa shape index (κ3) is 4.18. The molecule has 0 aromatic carbocycles. The first kappa shape index (κ1) is 17.9. The lowest BCUT2D eigenvalue weighted by molar-refractivity contribution is 0.0992. The SMILES string of the molecule is CCC(=O)c1sc(NCCN(C)C)c(S(=O)(=O)CC)c1N. The molecule has 0 unspecified atom stereocenters. The van der Waals surface area contributed by atoms with E-state index < -0.39 is 9.84 Å². The van der Waals surface area contributed by atoms with Crippen molar-refractivity contribution in [2.75, 3.05) is 44.0 Å². The molecule has 0 saturated heterocycles. The van der Waals surface area contributed by atoms with Crippen molar-refractivity contribution in [3.05, 3.63) is 4.88 Å². The van der Waals surface area contributed by atoms with E-state index in [0.29, 0.717) is 22.8 Å². The lowest BCUT2D eigenvalue weighted by Crippen LogP contribution is -2.21. The molecule has 6 nitrogen and oxygen atoms in total. The Bertz CT molecular complexity index is 606. The van der Waals surface area contributed by atoms with E-state index in [4.69, 9.17) is 5.73 Å². The topological polar surface area (TPSA) is 92.5 Å². The summed E-state index contributed by atoms with van der Waals surface area (Å²) in [5, 5.41) is 3.56. The Morgan fingerprint density at radius 3 is 2.43 bits per heavy atom. The molecule has 21 heavy (non-hydrogen) atoms. The summed E-state index contributed by atoms with van der Waals surface area (Å²) in [4.78, 5) is 14.3. The maximum Gasteiger partial charge on any atom is 0.183 e. The van der Waals surface area contributed by atoms with Gasteiger partial charge in [-0.1, -0.05) is 13.8 Å². The second-order valence-electron chi connectivity index (χ2n) is 4.91. The average molecular weight is 333 g/mol. The molecule has 1 aromatic heterocycles. The van der Waals surface area contributed by atoms with Crippen LogP contribution in [0.3, 0.4) is 0 Å². The molecule has 3 N–H and O–H groups in total. The number of nitrogens with one attached hydrogen (secondary N) is 1. The number of likely N-dealkylation sites (N-methyl/N-ethyl adjacent to an activating group) is 1. The van der Waals surface area contributed by atoms with Crippen molar-refractivity contribution < 1.29 is 13.2 Å². The van der Waals surface area contributed by atoms with Gasteiger partial charge in [0.15, 0.2) is 15.6 Å². The minimum atomic E-state index is -3.47. The van der Waals surface area contributed by atoms with Crippen molar-refractivity contribution >= 4 is 37.6 Å². The Balaban J connectivity index is 3.24. The molecule has 0 amide bonds. The third-order valence-electron chi connectivity index (χ3n) is 3.01. The van der Waals surface area contributed by atoms with Crippen LogP contribution in [0.15, 0.2) is 4.90 Å². The highest BCUT2D eigenvalue weighted by Crippen LogP contribution is 2.40. The molecule has 0 atom stereocenters. The highest BCUT2D eigenvalue weighted by atomic mass is 32.2. The molecular weight excluding hydrogens is 310 g/mol. The Kier molecular flexibility index (Phi) is 6.18. The van der Waals surface area contributed by atoms with E-state index in [9.17, 15) is 13.2 Å². The summed E-state index contributed by atoms with van der Waals surface area (Å²) in [7, 11) is 0.388. The third-order valence-corrected chi connectivity index (χ3v) is 6.15. The van der Waals surface area contributed by atoms with Gasteiger partial charge in [0.2, 0.25) is 0 Å². The molecular formula is C13H23N3O3S2. The Hall–Kier alpha value is -1.12. The van der Waals surface area contributed by atoms with Gasteiger partial charge in [0.05, 0.1) is 16.3 Å². The maximum absolute atomic E-state index is 12.2. The standard InChI is InChI=1S/C13H23N3O3S2/c1-5-9(17)11-10(14)12(21(18,19)6-2)13(20-11)15-7-8-16(3)4/h15H,5-8,14H2,1-4H3. The monoisotopic (exact) mass is 333 g/mol. The van der Waals surface area contributed by atoms with Gasteiger partial charge in [0.25, 0.3) is 0 Å². The zero-order valence-electron chi connectivity index (χ0n) is 12.9. The smallest absolute Gasteiger partial charge is 0.183 e. The van der Waals surface area contributed by atoms with Gasteiger partial charge in [0.1, 0.15) is 9.90 Å². The quantitative estimate of drug-likeness (QED) is 0.703. The Labute approximate surface area is 130 Å². The van der Waals surface area contributed by atoms with E-state index in [1.807, 2.05) is 19.0 Å². The Morgan fingerprint density at radius 2 is 1.95 bits per heavy atom. The molecule has 0 spiro atoms. The predicted molar refractivity (Wildman–Crippen MR) is 88.1 cm³/mol. The predicted octanol–water partition coefficient (Wildman–Crippen LogP) is 1.69. The number of thiophene rings is 1. The number of anilines is 2. The molecule has 0 bridgehead atoms. The minimum Gasteiger partial charge on any atom is -0.396 e. The average Bonchev–Trinajstić information content (AvgIpc) is 2.75. The van der Waals surface area contributed by atoms with Gasteiger partial charge in [-0.25, -0.2) is 8.42 Å². The first-order chi connectivity index (χ1) is 9.74. The van der Waals surface area contributed by atoms with Gasteiger partial charge >= 0.3 is 0 Å². The number of sulfone groups is 1. The van der Waals surface area contributed by atoms with Crippen LogP contribution in [-0.2, 0) is 9.84 Å². The highest BCUT2D eigenvalue weighted by Gasteiger charge is 2.27. The number of Topliss-reactive ketones (excluding diaryl/α,β-unsaturated/α-hetero) is 1. The first-order valence-corrected chi connectivity index (χ1v) is 9.28. The normalized spacial score (nSPS) is 11.9. The molecule has 0 aliphatic rings. The van der Waals surface area contributed by atoms with Crippen LogP contribution >= 0.6 is 11.3 Å². The van der Waals surface area contributed by atoms with Gasteiger partial charge in [0, 0.05) is 19.5 Å². The molecule has 1 rings (SSSR count). The fourth-order valence-electron chi connectivity index (χ4n) is 1.76. The molecule has 8 heteroatoms. The molecule has 1 heterocycles. The summed E-state index contributed by atoms with van der Waals surface area (Å²) >= 11 is 1.13. The number of carbonyl (C=O) groups excluding carboxylic acids is 1. The number of nitrogens with two attached hydrogens (primary N) is 1. The number of carbonyl (C=O) groups is 1. The van der Waals surface area contributed by atoms with Crippen molar-refractivity contribution in [3.8, 4) is 0 Å². The van der Waals surface area contributed by atoms with E-state index in [1.54, 1.807) is 13.8 Å². The van der Waals surface area contributed by atoms with Gasteiger partial charge < -0.3 is 16.0 Å². The van der Waals surface area contributed by atoms with Crippen LogP contribution in [0, 0.1) is 0 Å². The summed E-state index contributed by atoms with van der Waals surface area (Å²) in [6, 6.07) is 0. The summed E-state index contributed by atoms with van der Waals surface area (Å²) in [5.41, 5.74) is 6.02. The fraction of sp³-hybridized carbons (Fsp3) is 0.615. The minimum absolute atomic E-state index is 0.0456. The van der Waals surface area contributed by atoms with Crippen molar-refractivity contribution in [2.24, 2.45) is 0 Å².